The molecule has 3 fully saturated rings. The lowest BCUT2D eigenvalue weighted by Gasteiger charge is -2.36. The first-order valence-corrected chi connectivity index (χ1v) is 11.1. The van der Waals surface area contributed by atoms with Gasteiger partial charge in [-0.3, -0.25) is 14.0 Å². The fourth-order valence-corrected chi connectivity index (χ4v) is 5.12. The zero-order valence-corrected chi connectivity index (χ0v) is 17.9. The number of nitrogens with zero attached hydrogens (tertiary/aromatic N) is 3. The van der Waals surface area contributed by atoms with Crippen molar-refractivity contribution in [3.8, 4) is 0 Å². The summed E-state index contributed by atoms with van der Waals surface area (Å²) in [4.78, 5) is 32.2. The van der Waals surface area contributed by atoms with Crippen molar-refractivity contribution in [3.05, 3.63) is 69.8 Å². The van der Waals surface area contributed by atoms with Gasteiger partial charge < -0.3 is 4.90 Å². The largest absolute Gasteiger partial charge is 0.335 e. The molecule has 0 spiro atoms. The molecule has 1 amide bonds. The lowest BCUT2D eigenvalue weighted by Crippen LogP contribution is -2.45. The fourth-order valence-electron chi connectivity index (χ4n) is 4.79. The third-order valence-corrected chi connectivity index (χ3v) is 6.85. The molecule has 1 saturated carbocycles. The van der Waals surface area contributed by atoms with Gasteiger partial charge >= 0.3 is 0 Å². The minimum Gasteiger partial charge on any atom is -0.335 e. The molecule has 2 saturated heterocycles. The molecule has 1 aliphatic carbocycles. The Morgan fingerprint density at radius 3 is 2.80 bits per heavy atom. The van der Waals surface area contributed by atoms with E-state index in [-0.39, 0.29) is 23.2 Å². The normalized spacial score (nSPS) is 21.1. The second-order valence-electron chi connectivity index (χ2n) is 8.23. The van der Waals surface area contributed by atoms with E-state index in [0.717, 1.165) is 36.7 Å². The molecule has 2 unspecified atom stereocenters. The van der Waals surface area contributed by atoms with Gasteiger partial charge in [-0.05, 0) is 77.9 Å². The van der Waals surface area contributed by atoms with Crippen molar-refractivity contribution in [1.29, 1.82) is 0 Å². The molecule has 0 N–H and O–H groups in total. The maximum atomic E-state index is 14.9. The number of hydrogen-bond donors (Lipinski definition) is 0. The predicted octanol–water partition coefficient (Wildman–Crippen LogP) is 4.87. The van der Waals surface area contributed by atoms with Gasteiger partial charge in [0.25, 0.3) is 5.91 Å². The molecule has 7 heteroatoms. The Balaban J connectivity index is 1.44. The van der Waals surface area contributed by atoms with Crippen molar-refractivity contribution >= 4 is 33.3 Å². The molecular weight excluding hydrogens is 449 g/mol. The molecule has 2 aromatic heterocycles. The molecule has 2 atom stereocenters. The molecular formula is C23H21BrFN3O2. The lowest BCUT2D eigenvalue weighted by molar-refractivity contribution is 0.0570. The summed E-state index contributed by atoms with van der Waals surface area (Å²) in [5.41, 5.74) is 1.11. The SMILES string of the molecule is O=C(c1ccc(C(=O)N2CC3CCCC2CC3)cc1F)c1cnc2ccc(Br)cn12. The van der Waals surface area contributed by atoms with Gasteiger partial charge in [-0.2, -0.15) is 0 Å². The number of aromatic nitrogens is 2. The van der Waals surface area contributed by atoms with Crippen LogP contribution in [0.2, 0.25) is 0 Å². The lowest BCUT2D eigenvalue weighted by atomic mass is 9.94. The highest BCUT2D eigenvalue weighted by Crippen LogP contribution is 2.34. The Morgan fingerprint density at radius 2 is 1.97 bits per heavy atom. The van der Waals surface area contributed by atoms with Crippen molar-refractivity contribution in [2.45, 2.75) is 38.1 Å². The second-order valence-corrected chi connectivity index (χ2v) is 9.14. The van der Waals surface area contributed by atoms with Gasteiger partial charge in [-0.1, -0.05) is 6.42 Å². The number of fused-ring (bicyclic) bond motifs is 5. The third kappa shape index (κ3) is 3.35. The van der Waals surface area contributed by atoms with E-state index in [1.807, 2.05) is 11.0 Å². The molecule has 1 aromatic carbocycles. The minimum atomic E-state index is -0.684. The van der Waals surface area contributed by atoms with Gasteiger partial charge in [-0.25, -0.2) is 9.37 Å². The number of amides is 1. The van der Waals surface area contributed by atoms with E-state index in [4.69, 9.17) is 0 Å². The number of ketones is 1. The van der Waals surface area contributed by atoms with Gasteiger partial charge in [0.2, 0.25) is 5.78 Å². The summed E-state index contributed by atoms with van der Waals surface area (Å²) >= 11 is 3.38. The predicted molar refractivity (Wildman–Crippen MR) is 114 cm³/mol. The van der Waals surface area contributed by atoms with Crippen LogP contribution in [-0.2, 0) is 0 Å². The van der Waals surface area contributed by atoms with Crippen LogP contribution < -0.4 is 0 Å². The van der Waals surface area contributed by atoms with Gasteiger partial charge in [0.05, 0.1) is 11.8 Å². The molecule has 0 radical (unpaired) electrons. The van der Waals surface area contributed by atoms with E-state index < -0.39 is 11.6 Å². The van der Waals surface area contributed by atoms with E-state index in [9.17, 15) is 14.0 Å². The van der Waals surface area contributed by atoms with Crippen molar-refractivity contribution in [3.63, 3.8) is 0 Å². The molecule has 5 nitrogen and oxygen atoms in total. The molecule has 6 rings (SSSR count). The van der Waals surface area contributed by atoms with Crippen LogP contribution in [0.3, 0.4) is 0 Å². The van der Waals surface area contributed by atoms with Crippen molar-refractivity contribution in [2.24, 2.45) is 5.92 Å². The zero-order valence-electron chi connectivity index (χ0n) is 16.4. The highest BCUT2D eigenvalue weighted by molar-refractivity contribution is 9.10. The van der Waals surface area contributed by atoms with Crippen molar-refractivity contribution < 1.29 is 14.0 Å². The summed E-state index contributed by atoms with van der Waals surface area (Å²) in [6, 6.07) is 8.03. The number of imidazole rings is 1. The number of pyridine rings is 1. The summed E-state index contributed by atoms with van der Waals surface area (Å²) in [7, 11) is 0. The highest BCUT2D eigenvalue weighted by Gasteiger charge is 2.34. The van der Waals surface area contributed by atoms with Gasteiger partial charge in [0, 0.05) is 28.8 Å². The Hall–Kier alpha value is -2.54. The van der Waals surface area contributed by atoms with E-state index >= 15 is 0 Å². The summed E-state index contributed by atoms with van der Waals surface area (Å²) in [6.45, 7) is 0.752. The maximum Gasteiger partial charge on any atom is 0.254 e. The number of carbonyl (C=O) groups is 2. The van der Waals surface area contributed by atoms with Crippen molar-refractivity contribution in [2.75, 3.05) is 6.54 Å². The summed E-state index contributed by atoms with van der Waals surface area (Å²) in [5, 5.41) is 0. The molecule has 154 valence electrons. The zero-order chi connectivity index (χ0) is 20.8. The van der Waals surface area contributed by atoms with Crippen LogP contribution in [0.15, 0.2) is 47.2 Å². The van der Waals surface area contributed by atoms with E-state index in [0.29, 0.717) is 17.1 Å². The summed E-state index contributed by atoms with van der Waals surface area (Å²) in [6.07, 6.45) is 8.69. The van der Waals surface area contributed by atoms with Crippen LogP contribution in [0.1, 0.15) is 58.5 Å². The first-order valence-electron chi connectivity index (χ1n) is 10.3. The number of carbonyl (C=O) groups excluding carboxylic acids is 2. The molecule has 4 heterocycles. The minimum absolute atomic E-state index is 0.0642. The summed E-state index contributed by atoms with van der Waals surface area (Å²) in [5.74, 6) is -0.738. The topological polar surface area (TPSA) is 54.7 Å². The molecule has 3 aliphatic rings. The number of halogens is 2. The maximum absolute atomic E-state index is 14.9. The van der Waals surface area contributed by atoms with Gasteiger partial charge in [-0.15, -0.1) is 0 Å². The van der Waals surface area contributed by atoms with Crippen LogP contribution >= 0.6 is 15.9 Å². The van der Waals surface area contributed by atoms with Crippen LogP contribution in [0, 0.1) is 11.7 Å². The fraction of sp³-hybridized carbons (Fsp3) is 0.348. The number of piperidine rings is 1. The molecule has 30 heavy (non-hydrogen) atoms. The van der Waals surface area contributed by atoms with Crippen LogP contribution in [0.5, 0.6) is 0 Å². The average molecular weight is 470 g/mol. The summed E-state index contributed by atoms with van der Waals surface area (Å²) < 4.78 is 17.3. The van der Waals surface area contributed by atoms with Crippen LogP contribution in [0.25, 0.3) is 5.65 Å². The Labute approximate surface area is 182 Å². The smallest absolute Gasteiger partial charge is 0.254 e. The number of hydrogen-bond acceptors (Lipinski definition) is 3. The molecule has 3 aromatic rings. The quantitative estimate of drug-likeness (QED) is 0.514. The second kappa shape index (κ2) is 7.61. The standard InChI is InChI=1S/C23H21BrFN3O2/c24-16-6-9-21-26-11-20(28(21)13-16)22(29)18-8-5-15(10-19(18)25)23(30)27-12-14-2-1-3-17(27)7-4-14/h5-6,8-11,13-14,17H,1-4,7,12H2. The highest BCUT2D eigenvalue weighted by atomic mass is 79.9. The van der Waals surface area contributed by atoms with Crippen LogP contribution in [0.4, 0.5) is 4.39 Å². The Morgan fingerprint density at radius 1 is 1.10 bits per heavy atom. The van der Waals surface area contributed by atoms with Gasteiger partial charge in [0.15, 0.2) is 0 Å². The molecule has 2 aliphatic heterocycles. The van der Waals surface area contributed by atoms with Gasteiger partial charge in [0.1, 0.15) is 17.2 Å². The number of benzene rings is 1. The Kier molecular flexibility index (Phi) is 4.93. The monoisotopic (exact) mass is 469 g/mol. The average Bonchev–Trinajstić information content (AvgIpc) is 2.90. The third-order valence-electron chi connectivity index (χ3n) is 6.38. The number of rotatable bonds is 3. The molecule has 2 bridgehead atoms. The first-order chi connectivity index (χ1) is 14.5. The Bertz CT molecular complexity index is 1150. The first kappa shape index (κ1) is 19.4. The van der Waals surface area contributed by atoms with E-state index in [1.54, 1.807) is 22.7 Å². The van der Waals surface area contributed by atoms with Crippen LogP contribution in [-0.4, -0.2) is 38.6 Å². The van der Waals surface area contributed by atoms with E-state index in [2.05, 4.69) is 20.9 Å². The van der Waals surface area contributed by atoms with Crippen molar-refractivity contribution in [1.82, 2.24) is 14.3 Å². The van der Waals surface area contributed by atoms with E-state index in [1.165, 1.54) is 24.8 Å².